The van der Waals surface area contributed by atoms with E-state index in [1.165, 1.54) is 18.4 Å². The second-order valence-electron chi connectivity index (χ2n) is 5.26. The highest BCUT2D eigenvalue weighted by molar-refractivity contribution is 5.77. The molecule has 0 spiro atoms. The number of nitrogens with zero attached hydrogens (tertiary/aromatic N) is 1. The summed E-state index contributed by atoms with van der Waals surface area (Å²) in [6.07, 6.45) is 7.98. The van der Waals surface area contributed by atoms with Gasteiger partial charge in [0.2, 0.25) is 5.91 Å². The van der Waals surface area contributed by atoms with Gasteiger partial charge in [-0.15, -0.1) is 0 Å². The van der Waals surface area contributed by atoms with Crippen molar-refractivity contribution in [3.8, 4) is 0 Å². The van der Waals surface area contributed by atoms with Crippen molar-refractivity contribution in [2.45, 2.75) is 44.9 Å². The molecule has 0 bridgehead atoms. The molecule has 1 unspecified atom stereocenters. The van der Waals surface area contributed by atoms with E-state index in [-0.39, 0.29) is 12.3 Å². The average Bonchev–Trinajstić information content (AvgIpc) is 2.37. The molecule has 1 fully saturated rings. The SMILES string of the molecule is O=C(O)CCCC(=O)N1CCC2CCCC=C2C1. The zero-order valence-corrected chi connectivity index (χ0v) is 10.7. The first kappa shape index (κ1) is 13.1. The summed E-state index contributed by atoms with van der Waals surface area (Å²) in [5, 5.41) is 8.56. The molecule has 1 saturated heterocycles. The van der Waals surface area contributed by atoms with Crippen LogP contribution in [0.5, 0.6) is 0 Å². The minimum Gasteiger partial charge on any atom is -0.481 e. The molecule has 0 aromatic heterocycles. The number of aliphatic carboxylic acids is 1. The van der Waals surface area contributed by atoms with Crippen LogP contribution in [0.3, 0.4) is 0 Å². The molecule has 1 atom stereocenters. The van der Waals surface area contributed by atoms with Crippen molar-refractivity contribution < 1.29 is 14.7 Å². The van der Waals surface area contributed by atoms with Gasteiger partial charge in [0.15, 0.2) is 0 Å². The van der Waals surface area contributed by atoms with Crippen LogP contribution in [0.1, 0.15) is 44.9 Å². The molecule has 0 aromatic carbocycles. The number of hydrogen-bond donors (Lipinski definition) is 1. The van der Waals surface area contributed by atoms with Gasteiger partial charge in [0.05, 0.1) is 0 Å². The van der Waals surface area contributed by atoms with E-state index in [1.807, 2.05) is 4.90 Å². The van der Waals surface area contributed by atoms with Gasteiger partial charge >= 0.3 is 5.97 Å². The Morgan fingerprint density at radius 3 is 2.94 bits per heavy atom. The first-order valence-electron chi connectivity index (χ1n) is 6.85. The summed E-state index contributed by atoms with van der Waals surface area (Å²) < 4.78 is 0. The van der Waals surface area contributed by atoms with Gasteiger partial charge in [-0.3, -0.25) is 9.59 Å². The zero-order valence-electron chi connectivity index (χ0n) is 10.7. The summed E-state index contributed by atoms with van der Waals surface area (Å²) in [4.78, 5) is 24.3. The minimum absolute atomic E-state index is 0.0882. The fourth-order valence-electron chi connectivity index (χ4n) is 2.90. The Kier molecular flexibility index (Phi) is 4.39. The van der Waals surface area contributed by atoms with Crippen molar-refractivity contribution >= 4 is 11.9 Å². The summed E-state index contributed by atoms with van der Waals surface area (Å²) in [5.74, 6) is -0.0144. The lowest BCUT2D eigenvalue weighted by Gasteiger charge is -2.36. The summed E-state index contributed by atoms with van der Waals surface area (Å²) in [6, 6.07) is 0. The largest absolute Gasteiger partial charge is 0.481 e. The molecule has 0 radical (unpaired) electrons. The molecule has 1 heterocycles. The molecule has 0 aromatic rings. The van der Waals surface area contributed by atoms with Crippen LogP contribution in [0.15, 0.2) is 11.6 Å². The number of likely N-dealkylation sites (tertiary alicyclic amines) is 1. The first-order chi connectivity index (χ1) is 8.66. The Hall–Kier alpha value is -1.32. The molecular formula is C14H21NO3. The van der Waals surface area contributed by atoms with Crippen LogP contribution in [0.4, 0.5) is 0 Å². The molecule has 1 aliphatic carbocycles. The standard InChI is InChI=1S/C14H21NO3/c16-13(6-3-7-14(17)18)15-9-8-11-4-1-2-5-12(11)10-15/h5,11H,1-4,6-10H2,(H,17,18). The summed E-state index contributed by atoms with van der Waals surface area (Å²) in [6.45, 7) is 1.62. The predicted octanol–water partition coefficient (Wildman–Crippen LogP) is 2.20. The third-order valence-corrected chi connectivity index (χ3v) is 3.94. The number of fused-ring (bicyclic) bond motifs is 1. The first-order valence-corrected chi connectivity index (χ1v) is 6.85. The minimum atomic E-state index is -0.823. The molecule has 2 aliphatic rings. The number of carboxylic acids is 1. The molecule has 1 N–H and O–H groups in total. The maximum atomic E-state index is 12.0. The van der Waals surface area contributed by atoms with Crippen LogP contribution in [0.2, 0.25) is 0 Å². The van der Waals surface area contributed by atoms with Gasteiger partial charge in [0.1, 0.15) is 0 Å². The van der Waals surface area contributed by atoms with Gasteiger partial charge in [0, 0.05) is 25.9 Å². The van der Waals surface area contributed by atoms with Gasteiger partial charge in [-0.1, -0.05) is 11.6 Å². The maximum absolute atomic E-state index is 12.0. The number of carbonyl (C=O) groups is 2. The van der Waals surface area contributed by atoms with Crippen molar-refractivity contribution in [3.05, 3.63) is 11.6 Å². The van der Waals surface area contributed by atoms with Gasteiger partial charge in [-0.05, 0) is 38.0 Å². The van der Waals surface area contributed by atoms with Crippen molar-refractivity contribution in [1.82, 2.24) is 4.90 Å². The van der Waals surface area contributed by atoms with E-state index in [4.69, 9.17) is 5.11 Å². The molecule has 1 aliphatic heterocycles. The van der Waals surface area contributed by atoms with Crippen LogP contribution in [0, 0.1) is 5.92 Å². The number of rotatable bonds is 4. The van der Waals surface area contributed by atoms with Gasteiger partial charge in [-0.2, -0.15) is 0 Å². The van der Waals surface area contributed by atoms with Crippen molar-refractivity contribution in [1.29, 1.82) is 0 Å². The number of carboxylic acid groups (broad SMARTS) is 1. The molecule has 1 amide bonds. The second-order valence-corrected chi connectivity index (χ2v) is 5.26. The Labute approximate surface area is 108 Å². The van der Waals surface area contributed by atoms with Crippen LogP contribution in [-0.2, 0) is 9.59 Å². The van der Waals surface area contributed by atoms with E-state index in [9.17, 15) is 9.59 Å². The molecule has 2 rings (SSSR count). The van der Waals surface area contributed by atoms with Crippen molar-refractivity contribution in [3.63, 3.8) is 0 Å². The summed E-state index contributed by atoms with van der Waals surface area (Å²) in [5.41, 5.74) is 1.43. The Morgan fingerprint density at radius 2 is 2.17 bits per heavy atom. The van der Waals surface area contributed by atoms with E-state index >= 15 is 0 Å². The van der Waals surface area contributed by atoms with Crippen molar-refractivity contribution in [2.24, 2.45) is 5.92 Å². The number of amides is 1. The van der Waals surface area contributed by atoms with Crippen LogP contribution in [-0.4, -0.2) is 35.0 Å². The lowest BCUT2D eigenvalue weighted by Crippen LogP contribution is -2.40. The van der Waals surface area contributed by atoms with E-state index < -0.39 is 5.97 Å². The molecule has 18 heavy (non-hydrogen) atoms. The molecule has 0 saturated carbocycles. The highest BCUT2D eigenvalue weighted by Gasteiger charge is 2.27. The number of allylic oxidation sites excluding steroid dienone is 1. The summed E-state index contributed by atoms with van der Waals surface area (Å²) >= 11 is 0. The topological polar surface area (TPSA) is 57.6 Å². The highest BCUT2D eigenvalue weighted by atomic mass is 16.4. The number of hydrogen-bond acceptors (Lipinski definition) is 2. The quantitative estimate of drug-likeness (QED) is 0.779. The summed E-state index contributed by atoms with van der Waals surface area (Å²) in [7, 11) is 0. The smallest absolute Gasteiger partial charge is 0.303 e. The van der Waals surface area contributed by atoms with Gasteiger partial charge in [0.25, 0.3) is 0 Å². The maximum Gasteiger partial charge on any atom is 0.303 e. The normalized spacial score (nSPS) is 23.2. The number of carbonyl (C=O) groups excluding carboxylic acids is 1. The highest BCUT2D eigenvalue weighted by Crippen LogP contribution is 2.32. The lowest BCUT2D eigenvalue weighted by atomic mass is 9.82. The monoisotopic (exact) mass is 251 g/mol. The van der Waals surface area contributed by atoms with Crippen LogP contribution >= 0.6 is 0 Å². The van der Waals surface area contributed by atoms with Crippen LogP contribution < -0.4 is 0 Å². The Morgan fingerprint density at radius 1 is 1.33 bits per heavy atom. The third kappa shape index (κ3) is 3.34. The average molecular weight is 251 g/mol. The molecule has 4 nitrogen and oxygen atoms in total. The van der Waals surface area contributed by atoms with E-state index in [0.29, 0.717) is 18.8 Å². The molecule has 4 heteroatoms. The molecule has 100 valence electrons. The fraction of sp³-hybridized carbons (Fsp3) is 0.714. The van der Waals surface area contributed by atoms with Crippen molar-refractivity contribution in [2.75, 3.05) is 13.1 Å². The van der Waals surface area contributed by atoms with E-state index in [0.717, 1.165) is 25.9 Å². The third-order valence-electron chi connectivity index (χ3n) is 3.94. The van der Waals surface area contributed by atoms with Gasteiger partial charge in [-0.25, -0.2) is 0 Å². The number of piperidine rings is 1. The Balaban J connectivity index is 1.81. The van der Waals surface area contributed by atoms with E-state index in [2.05, 4.69) is 6.08 Å². The van der Waals surface area contributed by atoms with Crippen LogP contribution in [0.25, 0.3) is 0 Å². The molecular weight excluding hydrogens is 230 g/mol. The van der Waals surface area contributed by atoms with E-state index in [1.54, 1.807) is 0 Å². The van der Waals surface area contributed by atoms with Gasteiger partial charge < -0.3 is 10.0 Å². The fourth-order valence-corrected chi connectivity index (χ4v) is 2.90. The Bertz CT molecular complexity index is 362. The predicted molar refractivity (Wildman–Crippen MR) is 68.1 cm³/mol. The second kappa shape index (κ2) is 6.03. The zero-order chi connectivity index (χ0) is 13.0. The lowest BCUT2D eigenvalue weighted by molar-refractivity contribution is -0.137.